The van der Waals surface area contributed by atoms with E-state index in [1.165, 1.54) is 12.1 Å². The van der Waals surface area contributed by atoms with Gasteiger partial charge in [0.25, 0.3) is 0 Å². The van der Waals surface area contributed by atoms with Crippen LogP contribution >= 0.6 is 0 Å². The van der Waals surface area contributed by atoms with Gasteiger partial charge in [-0.05, 0) is 17.5 Å². The molecule has 82 valence electrons. The van der Waals surface area contributed by atoms with Crippen LogP contribution in [0.1, 0.15) is 31.9 Å². The standard InChI is InChI=1S/C11H16N2O2/c1-11(2,3)9-7(14)4-6(10(12)13)5-8(9)15/h4-5,14-15H,1-3H3,(H3,12,13). The highest BCUT2D eigenvalue weighted by atomic mass is 16.3. The molecule has 0 heterocycles. The number of hydrogen-bond acceptors (Lipinski definition) is 3. The molecular formula is C11H16N2O2. The van der Waals surface area contributed by atoms with Gasteiger partial charge in [-0.25, -0.2) is 0 Å². The number of rotatable bonds is 1. The van der Waals surface area contributed by atoms with Gasteiger partial charge in [-0.3, -0.25) is 5.41 Å². The highest BCUT2D eigenvalue weighted by Gasteiger charge is 2.23. The number of amidine groups is 1. The van der Waals surface area contributed by atoms with Crippen molar-refractivity contribution < 1.29 is 10.2 Å². The molecule has 5 N–H and O–H groups in total. The number of nitrogen functional groups attached to an aromatic ring is 1. The van der Waals surface area contributed by atoms with Crippen molar-refractivity contribution in [3.05, 3.63) is 23.3 Å². The fourth-order valence-corrected chi connectivity index (χ4v) is 1.54. The summed E-state index contributed by atoms with van der Waals surface area (Å²) in [6.45, 7) is 5.65. The first kappa shape index (κ1) is 11.4. The Morgan fingerprint density at radius 1 is 1.20 bits per heavy atom. The Bertz CT molecular complexity index is 383. The summed E-state index contributed by atoms with van der Waals surface area (Å²) in [4.78, 5) is 0. The summed E-state index contributed by atoms with van der Waals surface area (Å²) >= 11 is 0. The van der Waals surface area contributed by atoms with Crippen LogP contribution < -0.4 is 5.73 Å². The molecule has 0 fully saturated rings. The van der Waals surface area contributed by atoms with E-state index in [0.29, 0.717) is 11.1 Å². The number of phenolic OH excluding ortho intramolecular Hbond substituents is 2. The van der Waals surface area contributed by atoms with E-state index >= 15 is 0 Å². The molecule has 0 bridgehead atoms. The van der Waals surface area contributed by atoms with E-state index in [1.54, 1.807) is 0 Å². The Kier molecular flexibility index (Phi) is 2.62. The molecular weight excluding hydrogens is 192 g/mol. The second kappa shape index (κ2) is 3.46. The molecule has 1 aromatic carbocycles. The van der Waals surface area contributed by atoms with Gasteiger partial charge >= 0.3 is 0 Å². The smallest absolute Gasteiger partial charge is 0.123 e. The van der Waals surface area contributed by atoms with Crippen molar-refractivity contribution in [1.29, 1.82) is 5.41 Å². The predicted molar refractivity (Wildman–Crippen MR) is 59.5 cm³/mol. The Hall–Kier alpha value is -1.71. The molecule has 1 aromatic rings. The third-order valence-electron chi connectivity index (χ3n) is 2.16. The normalized spacial score (nSPS) is 11.4. The van der Waals surface area contributed by atoms with Gasteiger partial charge < -0.3 is 15.9 Å². The summed E-state index contributed by atoms with van der Waals surface area (Å²) in [6.07, 6.45) is 0. The van der Waals surface area contributed by atoms with Gasteiger partial charge in [0.15, 0.2) is 0 Å². The zero-order chi connectivity index (χ0) is 11.8. The van der Waals surface area contributed by atoms with Gasteiger partial charge in [0.05, 0.1) is 0 Å². The fourth-order valence-electron chi connectivity index (χ4n) is 1.54. The van der Waals surface area contributed by atoms with E-state index < -0.39 is 0 Å². The Labute approximate surface area is 88.9 Å². The van der Waals surface area contributed by atoms with Crippen LogP contribution in [0.4, 0.5) is 0 Å². The number of hydrogen-bond donors (Lipinski definition) is 4. The van der Waals surface area contributed by atoms with E-state index in [2.05, 4.69) is 0 Å². The molecule has 0 atom stereocenters. The van der Waals surface area contributed by atoms with Crippen LogP contribution in [-0.4, -0.2) is 16.0 Å². The molecule has 0 saturated carbocycles. The summed E-state index contributed by atoms with van der Waals surface area (Å²) in [5.74, 6) is -0.249. The number of nitrogens with two attached hydrogens (primary N) is 1. The third-order valence-corrected chi connectivity index (χ3v) is 2.16. The van der Waals surface area contributed by atoms with Crippen LogP contribution in [0.15, 0.2) is 12.1 Å². The maximum atomic E-state index is 9.74. The van der Waals surface area contributed by atoms with Gasteiger partial charge in [0.2, 0.25) is 0 Å². The largest absolute Gasteiger partial charge is 0.507 e. The predicted octanol–water partition coefficient (Wildman–Crippen LogP) is 1.68. The van der Waals surface area contributed by atoms with Crippen molar-refractivity contribution in [2.45, 2.75) is 26.2 Å². The lowest BCUT2D eigenvalue weighted by Gasteiger charge is -2.22. The number of benzene rings is 1. The third kappa shape index (κ3) is 2.21. The molecule has 4 heteroatoms. The molecule has 0 aliphatic heterocycles. The number of nitrogens with one attached hydrogen (secondary N) is 1. The van der Waals surface area contributed by atoms with Crippen molar-refractivity contribution in [2.75, 3.05) is 0 Å². The summed E-state index contributed by atoms with van der Waals surface area (Å²) in [5, 5.41) is 26.7. The lowest BCUT2D eigenvalue weighted by molar-refractivity contribution is 0.410. The quantitative estimate of drug-likeness (QED) is 0.418. The molecule has 0 aliphatic carbocycles. The Morgan fingerprint density at radius 2 is 1.60 bits per heavy atom. The second-order valence-corrected chi connectivity index (χ2v) is 4.55. The zero-order valence-corrected chi connectivity index (χ0v) is 9.13. The van der Waals surface area contributed by atoms with E-state index in [9.17, 15) is 10.2 Å². The van der Waals surface area contributed by atoms with Gasteiger partial charge in [0.1, 0.15) is 17.3 Å². The SMILES string of the molecule is CC(C)(C)c1c(O)cc(C(=N)N)cc1O. The lowest BCUT2D eigenvalue weighted by atomic mass is 9.85. The first-order chi connectivity index (χ1) is 6.73. The van der Waals surface area contributed by atoms with Crippen LogP contribution in [0.2, 0.25) is 0 Å². The minimum atomic E-state index is -0.358. The van der Waals surface area contributed by atoms with E-state index in [4.69, 9.17) is 11.1 Å². The van der Waals surface area contributed by atoms with Crippen molar-refractivity contribution in [3.8, 4) is 11.5 Å². The molecule has 4 nitrogen and oxygen atoms in total. The number of phenols is 2. The van der Waals surface area contributed by atoms with E-state index in [1.807, 2.05) is 20.8 Å². The highest BCUT2D eigenvalue weighted by molar-refractivity contribution is 5.96. The molecule has 0 aliphatic rings. The van der Waals surface area contributed by atoms with Crippen molar-refractivity contribution in [1.82, 2.24) is 0 Å². The molecule has 0 amide bonds. The van der Waals surface area contributed by atoms with Gasteiger partial charge in [-0.1, -0.05) is 20.8 Å². The summed E-state index contributed by atoms with van der Waals surface area (Å²) < 4.78 is 0. The van der Waals surface area contributed by atoms with E-state index in [-0.39, 0.29) is 22.7 Å². The summed E-state index contributed by atoms with van der Waals surface area (Å²) in [5.41, 5.74) is 5.70. The first-order valence-corrected chi connectivity index (χ1v) is 4.64. The highest BCUT2D eigenvalue weighted by Crippen LogP contribution is 2.38. The zero-order valence-electron chi connectivity index (χ0n) is 9.13. The topological polar surface area (TPSA) is 90.3 Å². The Balaban J connectivity index is 3.41. The maximum Gasteiger partial charge on any atom is 0.123 e. The van der Waals surface area contributed by atoms with Gasteiger partial charge in [-0.15, -0.1) is 0 Å². The van der Waals surface area contributed by atoms with Crippen LogP contribution in [0.25, 0.3) is 0 Å². The Morgan fingerprint density at radius 3 is 1.87 bits per heavy atom. The van der Waals surface area contributed by atoms with Crippen molar-refractivity contribution >= 4 is 5.84 Å². The first-order valence-electron chi connectivity index (χ1n) is 4.64. The second-order valence-electron chi connectivity index (χ2n) is 4.55. The molecule has 1 rings (SSSR count). The van der Waals surface area contributed by atoms with Crippen molar-refractivity contribution in [3.63, 3.8) is 0 Å². The monoisotopic (exact) mass is 208 g/mol. The summed E-state index contributed by atoms with van der Waals surface area (Å²) in [7, 11) is 0. The molecule has 0 saturated heterocycles. The molecule has 0 unspecified atom stereocenters. The average molecular weight is 208 g/mol. The summed E-state index contributed by atoms with van der Waals surface area (Å²) in [6, 6.07) is 2.78. The van der Waals surface area contributed by atoms with Crippen LogP contribution in [0, 0.1) is 5.41 Å². The van der Waals surface area contributed by atoms with Gasteiger partial charge in [-0.2, -0.15) is 0 Å². The van der Waals surface area contributed by atoms with E-state index in [0.717, 1.165) is 0 Å². The molecule has 0 aromatic heterocycles. The van der Waals surface area contributed by atoms with Gasteiger partial charge in [0, 0.05) is 11.1 Å². The minimum Gasteiger partial charge on any atom is -0.507 e. The van der Waals surface area contributed by atoms with Crippen LogP contribution in [0.3, 0.4) is 0 Å². The lowest BCUT2D eigenvalue weighted by Crippen LogP contribution is -2.15. The molecule has 15 heavy (non-hydrogen) atoms. The fraction of sp³-hybridized carbons (Fsp3) is 0.364. The molecule has 0 spiro atoms. The maximum absolute atomic E-state index is 9.74. The number of aromatic hydroxyl groups is 2. The minimum absolute atomic E-state index is 0.0345. The van der Waals surface area contributed by atoms with Crippen LogP contribution in [0.5, 0.6) is 11.5 Å². The van der Waals surface area contributed by atoms with Crippen LogP contribution in [-0.2, 0) is 5.41 Å². The molecule has 0 radical (unpaired) electrons. The van der Waals surface area contributed by atoms with Crippen molar-refractivity contribution in [2.24, 2.45) is 5.73 Å². The average Bonchev–Trinajstić information content (AvgIpc) is 1.99.